The van der Waals surface area contributed by atoms with E-state index in [-0.39, 0.29) is 0 Å². The number of aryl methyl sites for hydroxylation is 1. The molecule has 2 aromatic carbocycles. The number of anilines is 1. The predicted octanol–water partition coefficient (Wildman–Crippen LogP) is 5.17. The number of hydrogen-bond donors (Lipinski definition) is 0. The first-order chi connectivity index (χ1) is 10.6. The second-order valence-electron chi connectivity index (χ2n) is 5.62. The number of halogens is 1. The van der Waals surface area contributed by atoms with Crippen LogP contribution in [0.25, 0.3) is 16.9 Å². The van der Waals surface area contributed by atoms with Gasteiger partial charge in [0.1, 0.15) is 0 Å². The second-order valence-corrected chi connectivity index (χ2v) is 6.05. The lowest BCUT2D eigenvalue weighted by molar-refractivity contribution is 1.02. The molecule has 0 spiro atoms. The fraction of sp³-hybridized carbons (Fsp3) is 0.158. The molecule has 2 nitrogen and oxygen atoms in total. The second kappa shape index (κ2) is 5.90. The van der Waals surface area contributed by atoms with Gasteiger partial charge in [-0.1, -0.05) is 23.7 Å². The molecule has 3 heteroatoms. The average molecular weight is 311 g/mol. The molecule has 0 radical (unpaired) electrons. The summed E-state index contributed by atoms with van der Waals surface area (Å²) in [7, 11) is 4.10. The van der Waals surface area contributed by atoms with Gasteiger partial charge in [0.05, 0.1) is 5.69 Å². The topological polar surface area (TPSA) is 8.17 Å². The van der Waals surface area contributed by atoms with Crippen LogP contribution in [0.1, 0.15) is 5.69 Å². The Bertz CT molecular complexity index is 785. The lowest BCUT2D eigenvalue weighted by atomic mass is 10.1. The van der Waals surface area contributed by atoms with E-state index in [4.69, 9.17) is 11.6 Å². The molecule has 0 unspecified atom stereocenters. The molecule has 0 saturated carbocycles. The van der Waals surface area contributed by atoms with Crippen molar-refractivity contribution in [1.82, 2.24) is 4.57 Å². The third-order valence-corrected chi connectivity index (χ3v) is 4.06. The van der Waals surface area contributed by atoms with E-state index >= 15 is 0 Å². The fourth-order valence-electron chi connectivity index (χ4n) is 2.65. The zero-order chi connectivity index (χ0) is 15.7. The van der Waals surface area contributed by atoms with E-state index in [1.807, 2.05) is 32.3 Å². The summed E-state index contributed by atoms with van der Waals surface area (Å²) in [6, 6.07) is 20.8. The lowest BCUT2D eigenvalue weighted by Crippen LogP contribution is -2.08. The molecule has 0 bridgehead atoms. The Labute approximate surface area is 136 Å². The standard InChI is InChI=1S/C19H19ClN2/c1-14-7-12-19(15-5-4-6-16(20)13-15)22(14)18-10-8-17(9-11-18)21(2)3/h4-13H,1-3H3. The highest BCUT2D eigenvalue weighted by Crippen LogP contribution is 2.28. The third kappa shape index (κ3) is 2.75. The maximum Gasteiger partial charge on any atom is 0.0531 e. The molecule has 0 saturated heterocycles. The van der Waals surface area contributed by atoms with Crippen molar-refractivity contribution in [2.45, 2.75) is 6.92 Å². The van der Waals surface area contributed by atoms with Crippen molar-refractivity contribution in [2.24, 2.45) is 0 Å². The molecule has 0 aliphatic rings. The van der Waals surface area contributed by atoms with Gasteiger partial charge in [-0.05, 0) is 61.0 Å². The minimum atomic E-state index is 0.755. The molecule has 22 heavy (non-hydrogen) atoms. The Morgan fingerprint density at radius 3 is 2.27 bits per heavy atom. The molecule has 1 heterocycles. The van der Waals surface area contributed by atoms with Crippen LogP contribution in [0.2, 0.25) is 5.02 Å². The summed E-state index contributed by atoms with van der Waals surface area (Å²) in [5, 5.41) is 0.755. The Morgan fingerprint density at radius 2 is 1.64 bits per heavy atom. The zero-order valence-electron chi connectivity index (χ0n) is 13.0. The van der Waals surface area contributed by atoms with Gasteiger partial charge >= 0.3 is 0 Å². The van der Waals surface area contributed by atoms with E-state index in [1.165, 1.54) is 11.4 Å². The smallest absolute Gasteiger partial charge is 0.0531 e. The molecule has 0 amide bonds. The van der Waals surface area contributed by atoms with Gasteiger partial charge in [-0.3, -0.25) is 0 Å². The molecule has 0 aliphatic carbocycles. The third-order valence-electron chi connectivity index (χ3n) is 3.82. The highest BCUT2D eigenvalue weighted by atomic mass is 35.5. The molecule has 3 aromatic rings. The lowest BCUT2D eigenvalue weighted by Gasteiger charge is -2.16. The van der Waals surface area contributed by atoms with Crippen LogP contribution < -0.4 is 4.90 Å². The molecular weight excluding hydrogens is 292 g/mol. The largest absolute Gasteiger partial charge is 0.378 e. The Balaban J connectivity index is 2.09. The SMILES string of the molecule is Cc1ccc(-c2cccc(Cl)c2)n1-c1ccc(N(C)C)cc1. The van der Waals surface area contributed by atoms with Gasteiger partial charge in [-0.25, -0.2) is 0 Å². The number of aromatic nitrogens is 1. The minimum Gasteiger partial charge on any atom is -0.378 e. The Hall–Kier alpha value is -2.19. The number of nitrogens with zero attached hydrogens (tertiary/aromatic N) is 2. The summed E-state index contributed by atoms with van der Waals surface area (Å²) in [5.74, 6) is 0. The van der Waals surface area contributed by atoms with Gasteiger partial charge in [0.2, 0.25) is 0 Å². The van der Waals surface area contributed by atoms with Crippen LogP contribution in [0, 0.1) is 6.92 Å². The maximum absolute atomic E-state index is 6.14. The first-order valence-electron chi connectivity index (χ1n) is 7.28. The molecule has 0 fully saturated rings. The number of hydrogen-bond acceptors (Lipinski definition) is 1. The van der Waals surface area contributed by atoms with Crippen molar-refractivity contribution in [2.75, 3.05) is 19.0 Å². The number of rotatable bonds is 3. The number of benzene rings is 2. The summed E-state index contributed by atoms with van der Waals surface area (Å²) < 4.78 is 2.26. The van der Waals surface area contributed by atoms with E-state index in [0.717, 1.165) is 22.0 Å². The summed E-state index contributed by atoms with van der Waals surface area (Å²) in [6.07, 6.45) is 0. The van der Waals surface area contributed by atoms with E-state index in [2.05, 4.69) is 58.9 Å². The highest BCUT2D eigenvalue weighted by molar-refractivity contribution is 6.30. The van der Waals surface area contributed by atoms with E-state index in [9.17, 15) is 0 Å². The summed E-state index contributed by atoms with van der Waals surface area (Å²) in [6.45, 7) is 2.12. The predicted molar refractivity (Wildman–Crippen MR) is 95.3 cm³/mol. The molecule has 0 N–H and O–H groups in total. The average Bonchev–Trinajstić information content (AvgIpc) is 2.89. The van der Waals surface area contributed by atoms with Crippen LogP contribution in [0.4, 0.5) is 5.69 Å². The summed E-state index contributed by atoms with van der Waals surface area (Å²) in [5.41, 5.74) is 5.82. The Morgan fingerprint density at radius 1 is 0.909 bits per heavy atom. The molecule has 3 rings (SSSR count). The van der Waals surface area contributed by atoms with Crippen molar-refractivity contribution in [3.63, 3.8) is 0 Å². The summed E-state index contributed by atoms with van der Waals surface area (Å²) in [4.78, 5) is 2.10. The fourth-order valence-corrected chi connectivity index (χ4v) is 2.84. The molecule has 0 aliphatic heterocycles. The van der Waals surface area contributed by atoms with Crippen molar-refractivity contribution in [3.8, 4) is 16.9 Å². The van der Waals surface area contributed by atoms with Gasteiger partial charge in [0, 0.05) is 36.2 Å². The van der Waals surface area contributed by atoms with Crippen LogP contribution in [0.5, 0.6) is 0 Å². The quantitative estimate of drug-likeness (QED) is 0.647. The monoisotopic (exact) mass is 310 g/mol. The Kier molecular flexibility index (Phi) is 3.95. The van der Waals surface area contributed by atoms with Crippen molar-refractivity contribution in [3.05, 3.63) is 71.4 Å². The van der Waals surface area contributed by atoms with E-state index in [0.29, 0.717) is 0 Å². The molecular formula is C19H19ClN2. The molecule has 0 atom stereocenters. The van der Waals surface area contributed by atoms with Gasteiger partial charge in [-0.2, -0.15) is 0 Å². The van der Waals surface area contributed by atoms with Crippen LogP contribution >= 0.6 is 11.6 Å². The van der Waals surface area contributed by atoms with Crippen LogP contribution in [0.15, 0.2) is 60.7 Å². The van der Waals surface area contributed by atoms with Crippen molar-refractivity contribution < 1.29 is 0 Å². The van der Waals surface area contributed by atoms with Crippen molar-refractivity contribution >= 4 is 17.3 Å². The highest BCUT2D eigenvalue weighted by Gasteiger charge is 2.10. The first-order valence-corrected chi connectivity index (χ1v) is 7.66. The van der Waals surface area contributed by atoms with Gasteiger partial charge in [-0.15, -0.1) is 0 Å². The molecule has 1 aromatic heterocycles. The van der Waals surface area contributed by atoms with Crippen LogP contribution in [0.3, 0.4) is 0 Å². The summed E-state index contributed by atoms with van der Waals surface area (Å²) >= 11 is 6.14. The first kappa shape index (κ1) is 14.7. The normalized spacial score (nSPS) is 10.7. The van der Waals surface area contributed by atoms with Crippen molar-refractivity contribution in [1.29, 1.82) is 0 Å². The van der Waals surface area contributed by atoms with E-state index in [1.54, 1.807) is 0 Å². The zero-order valence-corrected chi connectivity index (χ0v) is 13.8. The molecule has 112 valence electrons. The van der Waals surface area contributed by atoms with Gasteiger partial charge in [0.25, 0.3) is 0 Å². The van der Waals surface area contributed by atoms with Gasteiger partial charge < -0.3 is 9.47 Å². The van der Waals surface area contributed by atoms with Crippen LogP contribution in [-0.4, -0.2) is 18.7 Å². The van der Waals surface area contributed by atoms with Gasteiger partial charge in [0.15, 0.2) is 0 Å². The maximum atomic E-state index is 6.14. The minimum absolute atomic E-state index is 0.755. The van der Waals surface area contributed by atoms with Crippen LogP contribution in [-0.2, 0) is 0 Å². The van der Waals surface area contributed by atoms with E-state index < -0.39 is 0 Å².